The van der Waals surface area contributed by atoms with Crippen molar-refractivity contribution in [2.75, 3.05) is 0 Å². The van der Waals surface area contributed by atoms with Crippen molar-refractivity contribution in [3.8, 4) is 0 Å². The highest BCUT2D eigenvalue weighted by Gasteiger charge is 2.04. The minimum Gasteiger partial charge on any atom is -0.366 e. The maximum absolute atomic E-state index is 11.5. The molecule has 1 N–H and O–H groups in total. The van der Waals surface area contributed by atoms with Gasteiger partial charge < -0.3 is 9.55 Å². The Kier molecular flexibility index (Phi) is 1.58. The quantitative estimate of drug-likeness (QED) is 0.729. The van der Waals surface area contributed by atoms with Crippen molar-refractivity contribution in [3.05, 3.63) is 33.4 Å². The van der Waals surface area contributed by atoms with Gasteiger partial charge in [0.1, 0.15) is 0 Å². The Bertz CT molecular complexity index is 483. The van der Waals surface area contributed by atoms with Crippen LogP contribution in [0.3, 0.4) is 0 Å². The molecule has 4 heteroatoms. The van der Waals surface area contributed by atoms with E-state index in [0.29, 0.717) is 5.39 Å². The van der Waals surface area contributed by atoms with Crippen molar-refractivity contribution in [2.24, 2.45) is 7.05 Å². The molecule has 0 aliphatic heterocycles. The van der Waals surface area contributed by atoms with E-state index in [1.54, 1.807) is 30.2 Å². The number of aromatic nitrogens is 2. The van der Waals surface area contributed by atoms with Gasteiger partial charge in [-0.05, 0) is 15.9 Å². The molecule has 0 aliphatic rings. The molecule has 3 nitrogen and oxygen atoms in total. The molecule has 2 heterocycles. The third-order valence-electron chi connectivity index (χ3n) is 1.86. The lowest BCUT2D eigenvalue weighted by Gasteiger charge is -1.98. The van der Waals surface area contributed by atoms with E-state index >= 15 is 0 Å². The molecule has 0 unspecified atom stereocenters. The number of H-pyrrole nitrogens is 1. The predicted molar refractivity (Wildman–Crippen MR) is 51.2 cm³/mol. The van der Waals surface area contributed by atoms with Gasteiger partial charge in [-0.1, -0.05) is 0 Å². The number of nitrogens with zero attached hydrogens (tertiary/aromatic N) is 1. The van der Waals surface area contributed by atoms with Gasteiger partial charge in [0.25, 0.3) is 5.56 Å². The lowest BCUT2D eigenvalue weighted by Crippen LogP contribution is -2.15. The van der Waals surface area contributed by atoms with Crippen LogP contribution in [-0.2, 0) is 7.05 Å². The standard InChI is InChI=1S/C8H7BrN2O/c1-11-4-7(9)5-2-10-3-6(5)8(11)12/h2-4,10H,1H3. The molecular formula is C8H7BrN2O. The van der Waals surface area contributed by atoms with E-state index < -0.39 is 0 Å². The molecule has 2 aromatic heterocycles. The largest absolute Gasteiger partial charge is 0.366 e. The predicted octanol–water partition coefficient (Wildman–Crippen LogP) is 1.63. The van der Waals surface area contributed by atoms with Crippen molar-refractivity contribution >= 4 is 26.7 Å². The first kappa shape index (κ1) is 7.61. The molecule has 0 fully saturated rings. The average Bonchev–Trinajstić information content (AvgIpc) is 2.48. The highest BCUT2D eigenvalue weighted by atomic mass is 79.9. The highest BCUT2D eigenvalue weighted by Crippen LogP contribution is 2.19. The molecular weight excluding hydrogens is 220 g/mol. The van der Waals surface area contributed by atoms with E-state index in [1.165, 1.54) is 0 Å². The molecule has 0 atom stereocenters. The molecule has 12 heavy (non-hydrogen) atoms. The third-order valence-corrected chi connectivity index (χ3v) is 2.49. The summed E-state index contributed by atoms with van der Waals surface area (Å²) in [6.45, 7) is 0. The second-order valence-electron chi connectivity index (χ2n) is 2.68. The van der Waals surface area contributed by atoms with Crippen LogP contribution in [0.2, 0.25) is 0 Å². The van der Waals surface area contributed by atoms with Crippen molar-refractivity contribution < 1.29 is 0 Å². The fourth-order valence-corrected chi connectivity index (χ4v) is 1.86. The summed E-state index contributed by atoms with van der Waals surface area (Å²) in [5, 5.41) is 1.64. The fourth-order valence-electron chi connectivity index (χ4n) is 1.23. The molecule has 2 rings (SSSR count). The maximum Gasteiger partial charge on any atom is 0.259 e. The van der Waals surface area contributed by atoms with Crippen LogP contribution in [0.25, 0.3) is 10.8 Å². The first-order valence-corrected chi connectivity index (χ1v) is 4.31. The van der Waals surface area contributed by atoms with Crippen LogP contribution in [-0.4, -0.2) is 9.55 Å². The van der Waals surface area contributed by atoms with E-state index in [-0.39, 0.29) is 5.56 Å². The Morgan fingerprint density at radius 3 is 2.83 bits per heavy atom. The van der Waals surface area contributed by atoms with Crippen LogP contribution >= 0.6 is 15.9 Å². The Morgan fingerprint density at radius 2 is 2.08 bits per heavy atom. The molecule has 0 radical (unpaired) electrons. The number of pyridine rings is 1. The molecule has 0 saturated heterocycles. The lowest BCUT2D eigenvalue weighted by atomic mass is 10.3. The first-order chi connectivity index (χ1) is 5.70. The summed E-state index contributed by atoms with van der Waals surface area (Å²) in [7, 11) is 1.74. The summed E-state index contributed by atoms with van der Waals surface area (Å²) in [6, 6.07) is 0. The molecule has 0 aromatic carbocycles. The number of hydrogen-bond acceptors (Lipinski definition) is 1. The van der Waals surface area contributed by atoms with E-state index in [9.17, 15) is 4.79 Å². The zero-order valence-corrected chi connectivity index (χ0v) is 8.05. The van der Waals surface area contributed by atoms with Crippen molar-refractivity contribution in [1.29, 1.82) is 0 Å². The van der Waals surface area contributed by atoms with Gasteiger partial charge in [-0.3, -0.25) is 4.79 Å². The Hall–Kier alpha value is -1.03. The number of aromatic amines is 1. The van der Waals surface area contributed by atoms with Gasteiger partial charge in [-0.15, -0.1) is 0 Å². The fraction of sp³-hybridized carbons (Fsp3) is 0.125. The van der Waals surface area contributed by atoms with Gasteiger partial charge in [-0.2, -0.15) is 0 Å². The Balaban J connectivity index is 3.07. The van der Waals surface area contributed by atoms with Crippen LogP contribution in [0.15, 0.2) is 27.9 Å². The van der Waals surface area contributed by atoms with Gasteiger partial charge in [-0.25, -0.2) is 0 Å². The van der Waals surface area contributed by atoms with Gasteiger partial charge in [0.05, 0.1) is 5.39 Å². The Labute approximate surface area is 77.1 Å². The summed E-state index contributed by atoms with van der Waals surface area (Å²) in [5.74, 6) is 0. The third kappa shape index (κ3) is 0.914. The van der Waals surface area contributed by atoms with Crippen LogP contribution in [0, 0.1) is 0 Å². The molecule has 0 spiro atoms. The SMILES string of the molecule is Cn1cc(Br)c2c[nH]cc2c1=O. The van der Waals surface area contributed by atoms with Crippen LogP contribution in [0.1, 0.15) is 0 Å². The summed E-state index contributed by atoms with van der Waals surface area (Å²) >= 11 is 3.38. The molecule has 0 aliphatic carbocycles. The molecule has 0 amide bonds. The lowest BCUT2D eigenvalue weighted by molar-refractivity contribution is 0.869. The normalized spacial score (nSPS) is 10.8. The van der Waals surface area contributed by atoms with E-state index in [2.05, 4.69) is 20.9 Å². The number of aryl methyl sites for hydroxylation is 1. The van der Waals surface area contributed by atoms with E-state index in [0.717, 1.165) is 9.86 Å². The number of fused-ring (bicyclic) bond motifs is 1. The second-order valence-corrected chi connectivity index (χ2v) is 3.53. The highest BCUT2D eigenvalue weighted by molar-refractivity contribution is 9.10. The molecule has 0 saturated carbocycles. The van der Waals surface area contributed by atoms with Crippen LogP contribution < -0.4 is 5.56 Å². The van der Waals surface area contributed by atoms with Crippen molar-refractivity contribution in [1.82, 2.24) is 9.55 Å². The second kappa shape index (κ2) is 2.48. The van der Waals surface area contributed by atoms with Crippen LogP contribution in [0.4, 0.5) is 0 Å². The van der Waals surface area contributed by atoms with Crippen molar-refractivity contribution in [2.45, 2.75) is 0 Å². The number of nitrogens with one attached hydrogen (secondary N) is 1. The topological polar surface area (TPSA) is 37.8 Å². The summed E-state index contributed by atoms with van der Waals surface area (Å²) < 4.78 is 2.49. The number of rotatable bonds is 0. The molecule has 0 bridgehead atoms. The number of halogens is 1. The maximum atomic E-state index is 11.5. The summed E-state index contributed by atoms with van der Waals surface area (Å²) in [6.07, 6.45) is 5.28. The van der Waals surface area contributed by atoms with E-state index in [4.69, 9.17) is 0 Å². The van der Waals surface area contributed by atoms with Crippen LogP contribution in [0.5, 0.6) is 0 Å². The average molecular weight is 227 g/mol. The van der Waals surface area contributed by atoms with Gasteiger partial charge in [0.2, 0.25) is 0 Å². The summed E-state index contributed by atoms with van der Waals surface area (Å²) in [5.41, 5.74) is 0.0226. The first-order valence-electron chi connectivity index (χ1n) is 3.52. The van der Waals surface area contributed by atoms with Gasteiger partial charge >= 0.3 is 0 Å². The molecule has 2 aromatic rings. The van der Waals surface area contributed by atoms with Crippen molar-refractivity contribution in [3.63, 3.8) is 0 Å². The smallest absolute Gasteiger partial charge is 0.259 e. The zero-order valence-electron chi connectivity index (χ0n) is 6.47. The molecule has 62 valence electrons. The monoisotopic (exact) mass is 226 g/mol. The zero-order chi connectivity index (χ0) is 8.72. The van der Waals surface area contributed by atoms with E-state index in [1.807, 2.05) is 0 Å². The minimum absolute atomic E-state index is 0.0226. The van der Waals surface area contributed by atoms with Gasteiger partial charge in [0.15, 0.2) is 0 Å². The summed E-state index contributed by atoms with van der Waals surface area (Å²) in [4.78, 5) is 14.4. The minimum atomic E-state index is 0.0226. The number of hydrogen-bond donors (Lipinski definition) is 1. The van der Waals surface area contributed by atoms with Gasteiger partial charge in [0, 0.05) is 35.5 Å². The Morgan fingerprint density at radius 1 is 1.42 bits per heavy atom.